The highest BCUT2D eigenvalue weighted by molar-refractivity contribution is 5.89. The minimum Gasteiger partial charge on any atom is -0.493 e. The van der Waals surface area contributed by atoms with E-state index >= 15 is 0 Å². The van der Waals surface area contributed by atoms with Crippen molar-refractivity contribution in [3.05, 3.63) is 41.0 Å². The molecule has 2 aromatic carbocycles. The van der Waals surface area contributed by atoms with Gasteiger partial charge < -0.3 is 33.2 Å². The summed E-state index contributed by atoms with van der Waals surface area (Å²) in [6.07, 6.45) is 0.423. The van der Waals surface area contributed by atoms with Crippen molar-refractivity contribution in [3.8, 4) is 28.7 Å². The van der Waals surface area contributed by atoms with Crippen molar-refractivity contribution in [3.63, 3.8) is 0 Å². The minimum atomic E-state index is -1.57. The van der Waals surface area contributed by atoms with Crippen LogP contribution >= 0.6 is 0 Å². The van der Waals surface area contributed by atoms with Crippen molar-refractivity contribution in [1.82, 2.24) is 0 Å². The maximum absolute atomic E-state index is 13.3. The summed E-state index contributed by atoms with van der Waals surface area (Å²) in [6.45, 7) is 1.52. The van der Waals surface area contributed by atoms with Gasteiger partial charge in [0.2, 0.25) is 18.1 Å². The summed E-state index contributed by atoms with van der Waals surface area (Å²) in [5.74, 6) is 0.115. The Hall–Kier alpha value is -3.62. The molecule has 2 aromatic rings. The van der Waals surface area contributed by atoms with E-state index in [-0.39, 0.29) is 13.4 Å². The lowest BCUT2D eigenvalue weighted by Gasteiger charge is -2.43. The molecule has 0 radical (unpaired) electrons. The Bertz CT molecular complexity index is 1140. The van der Waals surface area contributed by atoms with Gasteiger partial charge >= 0.3 is 11.9 Å². The van der Waals surface area contributed by atoms with Crippen LogP contribution in [-0.2, 0) is 25.5 Å². The van der Waals surface area contributed by atoms with E-state index in [1.807, 2.05) is 12.1 Å². The zero-order chi connectivity index (χ0) is 23.3. The van der Waals surface area contributed by atoms with Gasteiger partial charge in [0.05, 0.1) is 33.9 Å². The monoisotopic (exact) mass is 456 g/mol. The lowest BCUT2D eigenvalue weighted by molar-refractivity contribution is -0.176. The Morgan fingerprint density at radius 1 is 1.00 bits per heavy atom. The zero-order valence-corrected chi connectivity index (χ0v) is 18.8. The van der Waals surface area contributed by atoms with Crippen molar-refractivity contribution >= 4 is 11.9 Å². The maximum Gasteiger partial charge on any atom is 0.352 e. The molecule has 9 heteroatoms. The van der Waals surface area contributed by atoms with Gasteiger partial charge in [-0.25, -0.2) is 4.79 Å². The molecule has 3 atom stereocenters. The highest BCUT2D eigenvalue weighted by atomic mass is 16.7. The average Bonchev–Trinajstić information content (AvgIpc) is 3.39. The minimum absolute atomic E-state index is 0.105. The number of cyclic esters (lactones) is 1. The van der Waals surface area contributed by atoms with Crippen molar-refractivity contribution in [1.29, 1.82) is 0 Å². The number of rotatable bonds is 5. The van der Waals surface area contributed by atoms with Gasteiger partial charge in [0, 0.05) is 18.4 Å². The fourth-order valence-electron chi connectivity index (χ4n) is 5.27. The smallest absolute Gasteiger partial charge is 0.352 e. The number of hydrogen-bond acceptors (Lipinski definition) is 9. The molecular formula is C24H24O9. The van der Waals surface area contributed by atoms with Crippen LogP contribution in [0.15, 0.2) is 24.3 Å². The molecule has 0 N–H and O–H groups in total. The van der Waals surface area contributed by atoms with E-state index in [0.29, 0.717) is 46.3 Å². The summed E-state index contributed by atoms with van der Waals surface area (Å²) in [6, 6.07) is 7.27. The van der Waals surface area contributed by atoms with Crippen LogP contribution in [0.3, 0.4) is 0 Å². The van der Waals surface area contributed by atoms with Gasteiger partial charge in [0.25, 0.3) is 0 Å². The topological polar surface area (TPSA) is 98.8 Å². The van der Waals surface area contributed by atoms with Crippen LogP contribution in [0.2, 0.25) is 0 Å². The summed E-state index contributed by atoms with van der Waals surface area (Å²) in [5, 5.41) is 0. The van der Waals surface area contributed by atoms with E-state index < -0.39 is 29.4 Å². The summed E-state index contributed by atoms with van der Waals surface area (Å²) in [4.78, 5) is 25.6. The van der Waals surface area contributed by atoms with Gasteiger partial charge in [-0.1, -0.05) is 6.07 Å². The molecule has 174 valence electrons. The summed E-state index contributed by atoms with van der Waals surface area (Å²) >= 11 is 0. The number of methoxy groups -OCH3 is 3. The van der Waals surface area contributed by atoms with E-state index in [1.54, 1.807) is 19.2 Å². The highest BCUT2D eigenvalue weighted by Gasteiger charge is 2.64. The molecule has 0 amide bonds. The Morgan fingerprint density at radius 3 is 2.45 bits per heavy atom. The molecule has 1 aliphatic carbocycles. The Morgan fingerprint density at radius 2 is 1.76 bits per heavy atom. The van der Waals surface area contributed by atoms with E-state index in [4.69, 9.17) is 33.2 Å². The third kappa shape index (κ3) is 2.98. The molecule has 0 bridgehead atoms. The third-order valence-corrected chi connectivity index (χ3v) is 6.52. The van der Waals surface area contributed by atoms with Gasteiger partial charge in [-0.05, 0) is 35.7 Å². The Labute approximate surface area is 190 Å². The van der Waals surface area contributed by atoms with Crippen molar-refractivity contribution < 1.29 is 42.7 Å². The molecule has 0 spiro atoms. The van der Waals surface area contributed by atoms with E-state index in [9.17, 15) is 9.59 Å². The Kier molecular flexibility index (Phi) is 4.99. The summed E-state index contributed by atoms with van der Waals surface area (Å²) < 4.78 is 39.4. The van der Waals surface area contributed by atoms with Crippen molar-refractivity contribution in [2.24, 2.45) is 5.92 Å². The number of carbonyl (C=O) groups excluding carboxylic acids is 2. The van der Waals surface area contributed by atoms with Crippen molar-refractivity contribution in [2.75, 3.05) is 34.7 Å². The summed E-state index contributed by atoms with van der Waals surface area (Å²) in [5.41, 5.74) is 0.679. The molecule has 3 unspecified atom stereocenters. The van der Waals surface area contributed by atoms with Gasteiger partial charge in [0.15, 0.2) is 23.0 Å². The van der Waals surface area contributed by atoms with Crippen LogP contribution in [0.5, 0.6) is 28.7 Å². The summed E-state index contributed by atoms with van der Waals surface area (Å²) in [7, 11) is 4.58. The quantitative estimate of drug-likeness (QED) is 0.629. The first-order valence-electron chi connectivity index (χ1n) is 10.5. The van der Waals surface area contributed by atoms with Gasteiger partial charge in [0.1, 0.15) is 0 Å². The third-order valence-electron chi connectivity index (χ3n) is 6.52. The van der Waals surface area contributed by atoms with Crippen LogP contribution in [0, 0.1) is 5.92 Å². The van der Waals surface area contributed by atoms with Crippen LogP contribution in [-0.4, -0.2) is 52.3 Å². The SMILES string of the molecule is COc1cc2c(c(OC)c1OC)C(c1ccc3c(c1)OCO3)C1(OC(C)=O)C(=O)OCC1C2. The van der Waals surface area contributed by atoms with Gasteiger partial charge in [-0.3, -0.25) is 4.79 Å². The maximum atomic E-state index is 13.3. The normalized spacial score (nSPS) is 24.4. The highest BCUT2D eigenvalue weighted by Crippen LogP contribution is 2.58. The number of esters is 2. The number of fused-ring (bicyclic) bond motifs is 3. The second kappa shape index (κ2) is 7.75. The molecule has 5 rings (SSSR count). The molecular weight excluding hydrogens is 432 g/mol. The van der Waals surface area contributed by atoms with Gasteiger partial charge in [-0.2, -0.15) is 0 Å². The number of hydrogen-bond donors (Lipinski definition) is 0. The lowest BCUT2D eigenvalue weighted by atomic mass is 9.64. The number of benzene rings is 2. The molecule has 0 aromatic heterocycles. The Balaban J connectivity index is 1.83. The van der Waals surface area contributed by atoms with Crippen LogP contribution in [0.25, 0.3) is 0 Å². The largest absolute Gasteiger partial charge is 0.493 e. The standard InChI is InChI=1S/C24H24O9/c1-12(25)33-24-15(10-30-23(24)26)7-14-9-18(27-2)21(28-3)22(29-4)19(14)20(24)13-5-6-16-17(8-13)32-11-31-16/h5-6,8-9,15,20H,7,10-11H2,1-4H3. The van der Waals surface area contributed by atoms with E-state index in [2.05, 4.69) is 0 Å². The van der Waals surface area contributed by atoms with Crippen LogP contribution in [0.4, 0.5) is 0 Å². The first-order valence-corrected chi connectivity index (χ1v) is 10.5. The van der Waals surface area contributed by atoms with Gasteiger partial charge in [-0.15, -0.1) is 0 Å². The first kappa shape index (κ1) is 21.2. The predicted octanol–water partition coefficient (Wildman–Crippen LogP) is 2.60. The molecule has 0 saturated carbocycles. The van der Waals surface area contributed by atoms with Crippen molar-refractivity contribution in [2.45, 2.75) is 24.9 Å². The second-order valence-corrected chi connectivity index (χ2v) is 8.15. The first-order chi connectivity index (χ1) is 15.9. The molecule has 1 saturated heterocycles. The second-order valence-electron chi connectivity index (χ2n) is 8.15. The van der Waals surface area contributed by atoms with E-state index in [0.717, 1.165) is 5.56 Å². The lowest BCUT2D eigenvalue weighted by Crippen LogP contribution is -2.53. The van der Waals surface area contributed by atoms with Crippen LogP contribution < -0.4 is 23.7 Å². The zero-order valence-electron chi connectivity index (χ0n) is 18.8. The van der Waals surface area contributed by atoms with E-state index in [1.165, 1.54) is 21.1 Å². The molecule has 1 fully saturated rings. The molecule has 9 nitrogen and oxygen atoms in total. The predicted molar refractivity (Wildman–Crippen MR) is 113 cm³/mol. The molecule has 2 heterocycles. The average molecular weight is 456 g/mol. The molecule has 2 aliphatic heterocycles. The molecule has 33 heavy (non-hydrogen) atoms. The molecule has 3 aliphatic rings. The van der Waals surface area contributed by atoms with Crippen LogP contribution in [0.1, 0.15) is 29.5 Å². The fourth-order valence-corrected chi connectivity index (χ4v) is 5.27. The number of carbonyl (C=O) groups is 2. The number of ether oxygens (including phenoxy) is 7. The fraction of sp³-hybridized carbons (Fsp3) is 0.417.